The van der Waals surface area contributed by atoms with Gasteiger partial charge in [-0.2, -0.15) is 5.26 Å². The normalized spacial score (nSPS) is 24.0. The van der Waals surface area contributed by atoms with Gasteiger partial charge in [0.2, 0.25) is 0 Å². The molecule has 3 heteroatoms. The SMILES string of the molecule is N#CCc1ccc(NC2CCCCCC2O)cc1. The highest BCUT2D eigenvalue weighted by molar-refractivity contribution is 5.46. The summed E-state index contributed by atoms with van der Waals surface area (Å²) in [6.45, 7) is 0. The van der Waals surface area contributed by atoms with Gasteiger partial charge in [0.1, 0.15) is 0 Å². The van der Waals surface area contributed by atoms with Crippen LogP contribution in [0.5, 0.6) is 0 Å². The summed E-state index contributed by atoms with van der Waals surface area (Å²) in [5.74, 6) is 0. The van der Waals surface area contributed by atoms with Crippen LogP contribution in [-0.4, -0.2) is 17.3 Å². The molecule has 18 heavy (non-hydrogen) atoms. The van der Waals surface area contributed by atoms with Gasteiger partial charge in [0.25, 0.3) is 0 Å². The average molecular weight is 244 g/mol. The highest BCUT2D eigenvalue weighted by Gasteiger charge is 2.21. The molecule has 1 saturated carbocycles. The van der Waals surface area contributed by atoms with Crippen LogP contribution in [-0.2, 0) is 6.42 Å². The Hall–Kier alpha value is -1.53. The zero-order valence-corrected chi connectivity index (χ0v) is 10.6. The summed E-state index contributed by atoms with van der Waals surface area (Å²) in [7, 11) is 0. The number of hydrogen-bond acceptors (Lipinski definition) is 3. The maximum Gasteiger partial charge on any atom is 0.0741 e. The minimum atomic E-state index is -0.244. The highest BCUT2D eigenvalue weighted by atomic mass is 16.3. The zero-order valence-electron chi connectivity index (χ0n) is 10.6. The van der Waals surface area contributed by atoms with Crippen LogP contribution in [0.1, 0.15) is 37.7 Å². The van der Waals surface area contributed by atoms with Crippen molar-refractivity contribution in [2.45, 2.75) is 50.7 Å². The van der Waals surface area contributed by atoms with Crippen molar-refractivity contribution in [3.63, 3.8) is 0 Å². The number of nitrogens with one attached hydrogen (secondary N) is 1. The topological polar surface area (TPSA) is 56.0 Å². The van der Waals surface area contributed by atoms with E-state index in [1.807, 2.05) is 24.3 Å². The number of aliphatic hydroxyl groups is 1. The first kappa shape index (κ1) is 12.9. The third-order valence-electron chi connectivity index (χ3n) is 3.57. The van der Waals surface area contributed by atoms with E-state index in [0.717, 1.165) is 30.5 Å². The number of benzene rings is 1. The average Bonchev–Trinajstić information content (AvgIpc) is 2.58. The standard InChI is InChI=1S/C15H20N2O/c16-11-10-12-6-8-13(9-7-12)17-14-4-2-1-3-5-15(14)18/h6-9,14-15,17-18H,1-5,10H2. The molecule has 0 bridgehead atoms. The summed E-state index contributed by atoms with van der Waals surface area (Å²) in [5, 5.41) is 22.1. The van der Waals surface area contributed by atoms with Crippen molar-refractivity contribution in [3.8, 4) is 6.07 Å². The van der Waals surface area contributed by atoms with Crippen LogP contribution < -0.4 is 5.32 Å². The van der Waals surface area contributed by atoms with Gasteiger partial charge in [-0.3, -0.25) is 0 Å². The van der Waals surface area contributed by atoms with Crippen molar-refractivity contribution in [3.05, 3.63) is 29.8 Å². The largest absolute Gasteiger partial charge is 0.391 e. The predicted molar refractivity (Wildman–Crippen MR) is 72.3 cm³/mol. The van der Waals surface area contributed by atoms with Crippen LogP contribution in [0.2, 0.25) is 0 Å². The van der Waals surface area contributed by atoms with Gasteiger partial charge in [-0.15, -0.1) is 0 Å². The molecule has 2 N–H and O–H groups in total. The van der Waals surface area contributed by atoms with Gasteiger partial charge in [-0.1, -0.05) is 31.4 Å². The van der Waals surface area contributed by atoms with Crippen molar-refractivity contribution in [2.75, 3.05) is 5.32 Å². The fourth-order valence-corrected chi connectivity index (χ4v) is 2.48. The Labute approximate surface area is 108 Å². The maximum absolute atomic E-state index is 10.0. The number of anilines is 1. The summed E-state index contributed by atoms with van der Waals surface area (Å²) in [6, 6.07) is 10.2. The molecule has 96 valence electrons. The van der Waals surface area contributed by atoms with Gasteiger partial charge < -0.3 is 10.4 Å². The first-order valence-corrected chi connectivity index (χ1v) is 6.70. The molecular formula is C15H20N2O. The predicted octanol–water partition coefficient (Wildman–Crippen LogP) is 2.86. The smallest absolute Gasteiger partial charge is 0.0741 e. The third kappa shape index (κ3) is 3.48. The molecule has 3 nitrogen and oxygen atoms in total. The molecule has 1 aliphatic carbocycles. The second-order valence-corrected chi connectivity index (χ2v) is 4.99. The quantitative estimate of drug-likeness (QED) is 0.804. The van der Waals surface area contributed by atoms with Crippen LogP contribution in [0, 0.1) is 11.3 Å². The van der Waals surface area contributed by atoms with Gasteiger partial charge in [-0.25, -0.2) is 0 Å². The number of nitriles is 1. The fourth-order valence-electron chi connectivity index (χ4n) is 2.48. The van der Waals surface area contributed by atoms with E-state index in [1.165, 1.54) is 12.8 Å². The van der Waals surface area contributed by atoms with Crippen molar-refractivity contribution in [1.29, 1.82) is 5.26 Å². The Balaban J connectivity index is 1.97. The Morgan fingerprint density at radius 1 is 1.17 bits per heavy atom. The lowest BCUT2D eigenvalue weighted by atomic mass is 10.1. The summed E-state index contributed by atoms with van der Waals surface area (Å²) in [6.07, 6.45) is 5.65. The lowest BCUT2D eigenvalue weighted by molar-refractivity contribution is 0.144. The number of aliphatic hydroxyl groups excluding tert-OH is 1. The van der Waals surface area contributed by atoms with Crippen LogP contribution in [0.4, 0.5) is 5.69 Å². The van der Waals surface area contributed by atoms with Crippen LogP contribution >= 0.6 is 0 Å². The van der Waals surface area contributed by atoms with Gasteiger partial charge in [-0.05, 0) is 30.5 Å². The lowest BCUT2D eigenvalue weighted by Crippen LogP contribution is -2.32. The van der Waals surface area contributed by atoms with Gasteiger partial charge in [0, 0.05) is 5.69 Å². The summed E-state index contributed by atoms with van der Waals surface area (Å²) >= 11 is 0. The second kappa shape index (κ2) is 6.42. The molecule has 0 amide bonds. The molecule has 1 aromatic carbocycles. The van der Waals surface area contributed by atoms with Crippen molar-refractivity contribution < 1.29 is 5.11 Å². The molecule has 1 aromatic rings. The number of hydrogen-bond donors (Lipinski definition) is 2. The van der Waals surface area contributed by atoms with Gasteiger partial charge in [0.05, 0.1) is 24.6 Å². The molecule has 0 radical (unpaired) electrons. The minimum Gasteiger partial charge on any atom is -0.391 e. The molecule has 0 spiro atoms. The molecule has 0 saturated heterocycles. The molecule has 2 rings (SSSR count). The number of nitrogens with zero attached hydrogens (tertiary/aromatic N) is 1. The first-order valence-electron chi connectivity index (χ1n) is 6.70. The van der Waals surface area contributed by atoms with Crippen LogP contribution in [0.15, 0.2) is 24.3 Å². The maximum atomic E-state index is 10.0. The van der Waals surface area contributed by atoms with Crippen molar-refractivity contribution in [1.82, 2.24) is 0 Å². The molecule has 0 aliphatic heterocycles. The second-order valence-electron chi connectivity index (χ2n) is 4.99. The summed E-state index contributed by atoms with van der Waals surface area (Å²) < 4.78 is 0. The van der Waals surface area contributed by atoms with E-state index in [4.69, 9.17) is 5.26 Å². The summed E-state index contributed by atoms with van der Waals surface area (Å²) in [5.41, 5.74) is 2.06. The third-order valence-corrected chi connectivity index (χ3v) is 3.57. The van der Waals surface area contributed by atoms with E-state index < -0.39 is 0 Å². The fraction of sp³-hybridized carbons (Fsp3) is 0.533. The molecule has 2 unspecified atom stereocenters. The van der Waals surface area contributed by atoms with E-state index in [2.05, 4.69) is 11.4 Å². The molecule has 0 aromatic heterocycles. The zero-order chi connectivity index (χ0) is 12.8. The highest BCUT2D eigenvalue weighted by Crippen LogP contribution is 2.22. The molecule has 2 atom stereocenters. The van der Waals surface area contributed by atoms with E-state index in [0.29, 0.717) is 6.42 Å². The van der Waals surface area contributed by atoms with E-state index >= 15 is 0 Å². The van der Waals surface area contributed by atoms with E-state index in [-0.39, 0.29) is 12.1 Å². The summed E-state index contributed by atoms with van der Waals surface area (Å²) in [4.78, 5) is 0. The Bertz CT molecular complexity index is 407. The van der Waals surface area contributed by atoms with Crippen LogP contribution in [0.25, 0.3) is 0 Å². The van der Waals surface area contributed by atoms with Crippen LogP contribution in [0.3, 0.4) is 0 Å². The monoisotopic (exact) mass is 244 g/mol. The Kier molecular flexibility index (Phi) is 4.60. The van der Waals surface area contributed by atoms with Crippen molar-refractivity contribution >= 4 is 5.69 Å². The molecular weight excluding hydrogens is 224 g/mol. The molecule has 1 aliphatic rings. The molecule has 1 fully saturated rings. The molecule has 0 heterocycles. The van der Waals surface area contributed by atoms with E-state index in [9.17, 15) is 5.11 Å². The first-order chi connectivity index (χ1) is 8.79. The van der Waals surface area contributed by atoms with E-state index in [1.54, 1.807) is 0 Å². The Morgan fingerprint density at radius 2 is 1.89 bits per heavy atom. The number of rotatable bonds is 3. The van der Waals surface area contributed by atoms with Crippen molar-refractivity contribution in [2.24, 2.45) is 0 Å². The lowest BCUT2D eigenvalue weighted by Gasteiger charge is -2.23. The Morgan fingerprint density at radius 3 is 2.61 bits per heavy atom. The van der Waals surface area contributed by atoms with Gasteiger partial charge in [0.15, 0.2) is 0 Å². The minimum absolute atomic E-state index is 0.161. The van der Waals surface area contributed by atoms with Gasteiger partial charge >= 0.3 is 0 Å².